The number of nitrogens with one attached hydrogen (secondary N) is 3. The molecule has 0 spiro atoms. The van der Waals surface area contributed by atoms with E-state index >= 15 is 0 Å². The van der Waals surface area contributed by atoms with Gasteiger partial charge in [-0.1, -0.05) is 16.2 Å². The molecule has 3 amide bonds. The van der Waals surface area contributed by atoms with Crippen LogP contribution in [0, 0.1) is 0 Å². The fourth-order valence-electron chi connectivity index (χ4n) is 2.19. The standard InChI is InChI=1S/C14H27N3O7P6/c1-4-23-14(22)8-7(24-8)10(20)16-12(28-25)11(21)15-5(2)9(19)17-13(6(3)18)30(27)29-26/h5,7-8,12-13,28-29H,4,25-27H2,1-3H3,(H,15,21)(H,16,20)(H,17,19)/t5-,7?,8-,12?,13-,30?/m0/s1. The quantitative estimate of drug-likeness (QED) is 0.187. The highest BCUT2D eigenvalue weighted by molar-refractivity contribution is 8.61. The smallest absolute Gasteiger partial charge is 0.338 e. The predicted octanol–water partition coefficient (Wildman–Crippen LogP) is 0.419. The first-order valence-corrected chi connectivity index (χ1v) is 18.3. The van der Waals surface area contributed by atoms with Gasteiger partial charge in [-0.2, -0.15) is 0 Å². The molecule has 0 saturated carbocycles. The minimum atomic E-state index is -0.994. The molecule has 0 aliphatic carbocycles. The van der Waals surface area contributed by atoms with Gasteiger partial charge in [0.1, 0.15) is 17.6 Å². The van der Waals surface area contributed by atoms with Gasteiger partial charge in [0.05, 0.1) is 6.61 Å². The van der Waals surface area contributed by atoms with Crippen LogP contribution in [-0.4, -0.2) is 65.9 Å². The van der Waals surface area contributed by atoms with Crippen LogP contribution in [0.4, 0.5) is 0 Å². The minimum Gasteiger partial charge on any atom is -0.464 e. The molecule has 0 bridgehead atoms. The van der Waals surface area contributed by atoms with Crippen LogP contribution in [0.1, 0.15) is 20.8 Å². The van der Waals surface area contributed by atoms with Gasteiger partial charge in [-0.15, -0.1) is 26.8 Å². The summed E-state index contributed by atoms with van der Waals surface area (Å²) in [5, 5.41) is 7.70. The van der Waals surface area contributed by atoms with Gasteiger partial charge in [0.15, 0.2) is 18.0 Å². The Morgan fingerprint density at radius 1 is 1.10 bits per heavy atom. The Balaban J connectivity index is 2.59. The number of amides is 3. The highest BCUT2D eigenvalue weighted by atomic mass is 32.6. The van der Waals surface area contributed by atoms with E-state index in [-0.39, 0.29) is 20.7 Å². The number of rotatable bonds is 12. The maximum atomic E-state index is 12.5. The molecule has 10 nitrogen and oxygen atoms in total. The highest BCUT2D eigenvalue weighted by Crippen LogP contribution is 2.68. The average molecular weight is 535 g/mol. The number of esters is 1. The number of hydrogen-bond donors (Lipinski definition) is 3. The molecule has 0 aromatic carbocycles. The summed E-state index contributed by atoms with van der Waals surface area (Å²) >= 11 is 0. The van der Waals surface area contributed by atoms with Crippen molar-refractivity contribution in [1.29, 1.82) is 0 Å². The molecule has 0 aromatic heterocycles. The monoisotopic (exact) mass is 535 g/mol. The second kappa shape index (κ2) is 13.6. The molecule has 3 N–H and O–H groups in total. The van der Waals surface area contributed by atoms with Gasteiger partial charge in [0, 0.05) is 0 Å². The Bertz CT molecular complexity index is 684. The summed E-state index contributed by atoms with van der Waals surface area (Å²) in [6.45, 7) is 4.71. The third-order valence-corrected chi connectivity index (χ3v) is 16.2. The van der Waals surface area contributed by atoms with Crippen molar-refractivity contribution in [2.24, 2.45) is 0 Å². The van der Waals surface area contributed by atoms with Gasteiger partial charge in [0.25, 0.3) is 5.91 Å². The van der Waals surface area contributed by atoms with Crippen LogP contribution in [0.3, 0.4) is 0 Å². The molecule has 1 heterocycles. The van der Waals surface area contributed by atoms with Crippen molar-refractivity contribution in [2.75, 3.05) is 6.61 Å². The molecule has 1 rings (SSSR count). The van der Waals surface area contributed by atoms with E-state index in [1.807, 2.05) is 0 Å². The number of ketones is 1. The van der Waals surface area contributed by atoms with E-state index < -0.39 is 60.8 Å². The Kier molecular flexibility index (Phi) is 12.7. The molecule has 1 fully saturated rings. The van der Waals surface area contributed by atoms with E-state index in [0.717, 1.165) is 0 Å². The third kappa shape index (κ3) is 8.55. The van der Waals surface area contributed by atoms with Crippen LogP contribution in [0.15, 0.2) is 0 Å². The Morgan fingerprint density at radius 2 is 1.73 bits per heavy atom. The number of ether oxygens (including phenoxy) is 2. The number of carbonyl (C=O) groups is 5. The Labute approximate surface area is 186 Å². The molecule has 8 unspecified atom stereocenters. The topological polar surface area (TPSA) is 143 Å². The van der Waals surface area contributed by atoms with Crippen LogP contribution in [0.5, 0.6) is 0 Å². The summed E-state index contributed by atoms with van der Waals surface area (Å²) in [5.41, 5.74) is 0. The van der Waals surface area contributed by atoms with Crippen LogP contribution in [0.2, 0.25) is 0 Å². The Morgan fingerprint density at radius 3 is 2.23 bits per heavy atom. The summed E-state index contributed by atoms with van der Waals surface area (Å²) in [7, 11) is 7.05. The van der Waals surface area contributed by atoms with E-state index in [1.165, 1.54) is 13.8 Å². The second-order valence-electron chi connectivity index (χ2n) is 6.13. The van der Waals surface area contributed by atoms with Crippen molar-refractivity contribution in [3.63, 3.8) is 0 Å². The van der Waals surface area contributed by atoms with Gasteiger partial charge < -0.3 is 25.4 Å². The normalized spacial score (nSPS) is 22.2. The summed E-state index contributed by atoms with van der Waals surface area (Å²) in [6, 6.07) is -0.911. The van der Waals surface area contributed by atoms with Gasteiger partial charge >= 0.3 is 5.97 Å². The van der Waals surface area contributed by atoms with Gasteiger partial charge in [0.2, 0.25) is 11.8 Å². The summed E-state index contributed by atoms with van der Waals surface area (Å²) in [5.74, 6) is -3.97. The molecule has 1 aliphatic rings. The molecular weight excluding hydrogens is 508 g/mol. The summed E-state index contributed by atoms with van der Waals surface area (Å²) in [4.78, 5) is 60.4. The number of carbonyl (C=O) groups excluding carboxylic acids is 5. The first kappa shape index (κ1) is 28.1. The lowest BCUT2D eigenvalue weighted by atomic mass is 10.3. The van der Waals surface area contributed by atoms with Crippen molar-refractivity contribution in [3.05, 3.63) is 0 Å². The minimum absolute atomic E-state index is 0.0761. The van der Waals surface area contributed by atoms with E-state index in [2.05, 4.69) is 42.7 Å². The van der Waals surface area contributed by atoms with Crippen molar-refractivity contribution < 1.29 is 33.4 Å². The molecule has 0 aromatic rings. The highest BCUT2D eigenvalue weighted by Gasteiger charge is 2.52. The van der Waals surface area contributed by atoms with E-state index in [4.69, 9.17) is 9.47 Å². The largest absolute Gasteiger partial charge is 0.464 e. The maximum Gasteiger partial charge on any atom is 0.338 e. The summed E-state index contributed by atoms with van der Waals surface area (Å²) < 4.78 is 9.80. The maximum absolute atomic E-state index is 12.5. The molecular formula is C14H27N3O7P6. The third-order valence-electron chi connectivity index (χ3n) is 3.83. The molecule has 0 radical (unpaired) electrons. The molecule has 16 heteroatoms. The lowest BCUT2D eigenvalue weighted by Crippen LogP contribution is -2.53. The van der Waals surface area contributed by atoms with E-state index in [0.29, 0.717) is 7.96 Å². The summed E-state index contributed by atoms with van der Waals surface area (Å²) in [6.07, 6.45) is -1.96. The zero-order chi connectivity index (χ0) is 23.0. The van der Waals surface area contributed by atoms with Crippen LogP contribution >= 0.6 is 50.3 Å². The number of epoxide rings is 1. The molecule has 1 aliphatic heterocycles. The van der Waals surface area contributed by atoms with E-state index in [1.54, 1.807) is 6.92 Å². The van der Waals surface area contributed by atoms with Crippen molar-refractivity contribution in [1.82, 2.24) is 16.0 Å². The Hall–Kier alpha value is 0.0900. The lowest BCUT2D eigenvalue weighted by molar-refractivity contribution is -0.144. The van der Waals surface area contributed by atoms with Crippen LogP contribution < -0.4 is 16.0 Å². The number of Topliss-reactive ketones (excluding diaryl/α,β-unsaturated/α-hetero) is 1. The fraction of sp³-hybridized carbons (Fsp3) is 0.643. The van der Waals surface area contributed by atoms with Gasteiger partial charge in [-0.05, 0) is 28.1 Å². The zero-order valence-electron chi connectivity index (χ0n) is 16.6. The van der Waals surface area contributed by atoms with Crippen molar-refractivity contribution >= 4 is 79.8 Å². The van der Waals surface area contributed by atoms with Crippen molar-refractivity contribution in [3.8, 4) is 0 Å². The van der Waals surface area contributed by atoms with Crippen LogP contribution in [0.25, 0.3) is 0 Å². The molecule has 30 heavy (non-hydrogen) atoms. The fourth-order valence-corrected chi connectivity index (χ4v) is 7.54. The first-order valence-electron chi connectivity index (χ1n) is 8.77. The molecule has 11 atom stereocenters. The lowest BCUT2D eigenvalue weighted by Gasteiger charge is -2.24. The number of hydrogen-bond acceptors (Lipinski definition) is 7. The van der Waals surface area contributed by atoms with E-state index in [9.17, 15) is 24.0 Å². The zero-order valence-corrected chi connectivity index (χ0v) is 23.0. The van der Waals surface area contributed by atoms with Gasteiger partial charge in [-0.25, -0.2) is 4.79 Å². The van der Waals surface area contributed by atoms with Crippen molar-refractivity contribution in [2.45, 2.75) is 50.6 Å². The SMILES string of the molecule is CCOC(=O)[C@H]1OC1C(=O)NC(PP)C(=O)N[C@@H](C)C(=O)N[C@H](C(C)=O)P(P)PP. The van der Waals surface area contributed by atoms with Crippen LogP contribution in [-0.2, 0) is 33.4 Å². The second-order valence-corrected chi connectivity index (χ2v) is 17.5. The first-order chi connectivity index (χ1) is 14.1. The predicted molar refractivity (Wildman–Crippen MR) is 130 cm³/mol. The average Bonchev–Trinajstić information content (AvgIpc) is 3.50. The molecule has 1 saturated heterocycles. The molecule has 170 valence electrons. The van der Waals surface area contributed by atoms with Gasteiger partial charge in [-0.3, -0.25) is 19.2 Å².